The van der Waals surface area contributed by atoms with Crippen molar-refractivity contribution in [3.05, 3.63) is 107 Å². The number of aryl methyl sites for hydroxylation is 1. The van der Waals surface area contributed by atoms with Gasteiger partial charge in [-0.05, 0) is 88.8 Å². The Morgan fingerprint density at radius 1 is 0.556 bits per heavy atom. The molecule has 0 unspecified atom stereocenters. The number of nitrogens with zero attached hydrogens (tertiary/aromatic N) is 2. The third-order valence-corrected chi connectivity index (χ3v) is 8.27. The van der Waals surface area contributed by atoms with E-state index in [1.807, 2.05) is 6.07 Å². The maximum atomic E-state index is 13.9. The van der Waals surface area contributed by atoms with E-state index < -0.39 is 0 Å². The molecule has 0 radical (unpaired) electrons. The van der Waals surface area contributed by atoms with Crippen molar-refractivity contribution in [1.29, 1.82) is 0 Å². The molecule has 174 valence electrons. The first-order valence-electron chi connectivity index (χ1n) is 12.8. The molecule has 0 atom stereocenters. The Balaban J connectivity index is 1.36. The van der Waals surface area contributed by atoms with E-state index in [0.717, 1.165) is 37.2 Å². The molecule has 0 saturated carbocycles. The maximum absolute atomic E-state index is 13.9. The van der Waals surface area contributed by atoms with Gasteiger partial charge < -0.3 is 9.80 Å². The summed E-state index contributed by atoms with van der Waals surface area (Å²) in [5, 5.41) is 7.76. The van der Waals surface area contributed by atoms with E-state index in [1.165, 1.54) is 60.5 Å². The molecular formula is C33H25FN2. The van der Waals surface area contributed by atoms with Crippen molar-refractivity contribution in [3.8, 4) is 0 Å². The van der Waals surface area contributed by atoms with E-state index in [-0.39, 0.29) is 5.82 Å². The number of halogens is 1. The smallest absolute Gasteiger partial charge is 0.123 e. The fourth-order valence-corrected chi connectivity index (χ4v) is 6.64. The van der Waals surface area contributed by atoms with Crippen LogP contribution in [0.4, 0.5) is 27.1 Å². The van der Waals surface area contributed by atoms with Gasteiger partial charge in [0.2, 0.25) is 0 Å². The number of fused-ring (bicyclic) bond motifs is 2. The van der Waals surface area contributed by atoms with Gasteiger partial charge in [-0.15, -0.1) is 0 Å². The summed E-state index contributed by atoms with van der Waals surface area (Å²) >= 11 is 0. The maximum Gasteiger partial charge on any atom is 0.123 e. The highest BCUT2D eigenvalue weighted by molar-refractivity contribution is 6.27. The van der Waals surface area contributed by atoms with Crippen LogP contribution in [0.25, 0.3) is 32.3 Å². The fourth-order valence-electron chi connectivity index (χ4n) is 6.64. The second kappa shape index (κ2) is 7.20. The summed E-state index contributed by atoms with van der Waals surface area (Å²) < 4.78 is 13.9. The number of anilines is 4. The van der Waals surface area contributed by atoms with Crippen LogP contribution in [-0.4, -0.2) is 13.1 Å². The first-order valence-corrected chi connectivity index (χ1v) is 12.8. The van der Waals surface area contributed by atoms with Gasteiger partial charge in [-0.25, -0.2) is 4.39 Å². The lowest BCUT2D eigenvalue weighted by molar-refractivity contribution is 0.626. The zero-order valence-electron chi connectivity index (χ0n) is 20.2. The molecule has 0 saturated heterocycles. The molecule has 0 bridgehead atoms. The molecule has 0 fully saturated rings. The van der Waals surface area contributed by atoms with Crippen molar-refractivity contribution in [1.82, 2.24) is 0 Å². The molecule has 8 rings (SSSR count). The molecule has 3 heteroatoms. The summed E-state index contributed by atoms with van der Waals surface area (Å²) in [7, 11) is 0. The van der Waals surface area contributed by atoms with E-state index >= 15 is 0 Å². The average molecular weight is 469 g/mol. The molecular weight excluding hydrogens is 443 g/mol. The SMILES string of the molecule is Cc1ccc2c(c1)CCN2c1ccc2ccc3c(N4CCc5cc(F)ccc54)ccc4ccc1c2c43. The van der Waals surface area contributed by atoms with E-state index in [9.17, 15) is 4.39 Å². The molecule has 0 aromatic heterocycles. The van der Waals surface area contributed by atoms with Gasteiger partial charge in [0, 0.05) is 46.6 Å². The lowest BCUT2D eigenvalue weighted by Gasteiger charge is -2.25. The standard InChI is InChI=1S/C33H25FN2/c1-20-2-10-28-23(18-20)14-16-35(28)30-11-5-21-4-9-27-31(12-6-22-3-8-26(30)32(21)33(22)27)36-17-15-24-19-25(34)7-13-29(24)36/h2-13,18-19H,14-17H2,1H3. The van der Waals surface area contributed by atoms with Crippen LogP contribution >= 0.6 is 0 Å². The van der Waals surface area contributed by atoms with Gasteiger partial charge in [0.25, 0.3) is 0 Å². The molecule has 0 amide bonds. The first-order chi connectivity index (χ1) is 17.7. The molecule has 2 nitrogen and oxygen atoms in total. The predicted octanol–water partition coefficient (Wildman–Crippen LogP) is 8.42. The summed E-state index contributed by atoms with van der Waals surface area (Å²) in [5.41, 5.74) is 8.79. The third-order valence-electron chi connectivity index (χ3n) is 8.27. The minimum absolute atomic E-state index is 0.155. The minimum Gasteiger partial charge on any atom is -0.340 e. The molecule has 36 heavy (non-hydrogen) atoms. The second-order valence-electron chi connectivity index (χ2n) is 10.3. The average Bonchev–Trinajstić information content (AvgIpc) is 3.50. The van der Waals surface area contributed by atoms with Crippen molar-refractivity contribution in [2.75, 3.05) is 22.9 Å². The summed E-state index contributed by atoms with van der Waals surface area (Å²) in [6.45, 7) is 4.05. The molecule has 6 aromatic rings. The number of hydrogen-bond acceptors (Lipinski definition) is 2. The lowest BCUT2D eigenvalue weighted by atomic mass is 9.92. The van der Waals surface area contributed by atoms with Crippen molar-refractivity contribution in [2.45, 2.75) is 19.8 Å². The van der Waals surface area contributed by atoms with Crippen molar-refractivity contribution >= 4 is 55.1 Å². The molecule has 0 N–H and O–H groups in total. The van der Waals surface area contributed by atoms with Crippen molar-refractivity contribution in [3.63, 3.8) is 0 Å². The number of benzene rings is 6. The molecule has 0 aliphatic carbocycles. The summed E-state index contributed by atoms with van der Waals surface area (Å²) in [6, 6.07) is 30.2. The van der Waals surface area contributed by atoms with E-state index in [0.29, 0.717) is 0 Å². The van der Waals surface area contributed by atoms with Gasteiger partial charge in [-0.2, -0.15) is 0 Å². The van der Waals surface area contributed by atoms with E-state index in [2.05, 4.69) is 83.5 Å². The number of hydrogen-bond donors (Lipinski definition) is 0. The Hall–Kier alpha value is -4.11. The van der Waals surface area contributed by atoms with Crippen LogP contribution in [0, 0.1) is 12.7 Å². The molecule has 2 aliphatic heterocycles. The first kappa shape index (κ1) is 20.1. The summed E-state index contributed by atoms with van der Waals surface area (Å²) in [6.07, 6.45) is 1.95. The quantitative estimate of drug-likeness (QED) is 0.235. The van der Waals surface area contributed by atoms with E-state index in [1.54, 1.807) is 12.1 Å². The molecule has 6 aromatic carbocycles. The minimum atomic E-state index is -0.155. The van der Waals surface area contributed by atoms with Crippen LogP contribution < -0.4 is 9.80 Å². The Bertz CT molecular complexity index is 1700. The number of rotatable bonds is 2. The van der Waals surface area contributed by atoms with Crippen LogP contribution in [0.1, 0.15) is 16.7 Å². The van der Waals surface area contributed by atoms with Crippen LogP contribution in [-0.2, 0) is 12.8 Å². The highest BCUT2D eigenvalue weighted by Gasteiger charge is 2.25. The Morgan fingerprint density at radius 2 is 1.06 bits per heavy atom. The highest BCUT2D eigenvalue weighted by atomic mass is 19.1. The third kappa shape index (κ3) is 2.71. The van der Waals surface area contributed by atoms with Crippen LogP contribution in [0.15, 0.2) is 84.9 Å². The summed E-state index contributed by atoms with van der Waals surface area (Å²) in [4.78, 5) is 4.85. The van der Waals surface area contributed by atoms with Gasteiger partial charge in [-0.1, -0.05) is 54.1 Å². The van der Waals surface area contributed by atoms with E-state index in [4.69, 9.17) is 0 Å². The topological polar surface area (TPSA) is 6.48 Å². The Morgan fingerprint density at radius 3 is 1.67 bits per heavy atom. The Kier molecular flexibility index (Phi) is 4.03. The van der Waals surface area contributed by atoms with Gasteiger partial charge in [0.05, 0.1) is 0 Å². The van der Waals surface area contributed by atoms with Crippen LogP contribution in [0.5, 0.6) is 0 Å². The highest BCUT2D eigenvalue weighted by Crippen LogP contribution is 2.46. The van der Waals surface area contributed by atoms with Gasteiger partial charge in [0.15, 0.2) is 0 Å². The van der Waals surface area contributed by atoms with Crippen LogP contribution in [0.3, 0.4) is 0 Å². The largest absolute Gasteiger partial charge is 0.340 e. The molecule has 2 heterocycles. The van der Waals surface area contributed by atoms with Gasteiger partial charge in [-0.3, -0.25) is 0 Å². The summed E-state index contributed by atoms with van der Waals surface area (Å²) in [5.74, 6) is -0.155. The zero-order chi connectivity index (χ0) is 24.0. The lowest BCUT2D eigenvalue weighted by Crippen LogP contribution is -2.14. The fraction of sp³-hybridized carbons (Fsp3) is 0.152. The van der Waals surface area contributed by atoms with Crippen LogP contribution in [0.2, 0.25) is 0 Å². The van der Waals surface area contributed by atoms with Crippen molar-refractivity contribution < 1.29 is 4.39 Å². The Labute approximate surface area is 209 Å². The monoisotopic (exact) mass is 468 g/mol. The van der Waals surface area contributed by atoms with Gasteiger partial charge >= 0.3 is 0 Å². The van der Waals surface area contributed by atoms with Crippen molar-refractivity contribution in [2.24, 2.45) is 0 Å². The second-order valence-corrected chi connectivity index (χ2v) is 10.3. The molecule has 0 spiro atoms. The van der Waals surface area contributed by atoms with Gasteiger partial charge in [0.1, 0.15) is 5.82 Å². The molecule has 2 aliphatic rings. The predicted molar refractivity (Wildman–Crippen MR) is 149 cm³/mol. The normalized spacial score (nSPS) is 14.9. The zero-order valence-corrected chi connectivity index (χ0v) is 20.2.